The number of nitrogens with one attached hydrogen (secondary N) is 1. The summed E-state index contributed by atoms with van der Waals surface area (Å²) in [5.74, 6) is 2.32. The van der Waals surface area contributed by atoms with Crippen LogP contribution in [0.2, 0.25) is 0 Å². The average Bonchev–Trinajstić information content (AvgIpc) is 2.62. The van der Waals surface area contributed by atoms with Gasteiger partial charge in [0.2, 0.25) is 0 Å². The van der Waals surface area contributed by atoms with Gasteiger partial charge < -0.3 is 10.1 Å². The van der Waals surface area contributed by atoms with Gasteiger partial charge in [-0.2, -0.15) is 0 Å². The van der Waals surface area contributed by atoms with Crippen LogP contribution < -0.4 is 10.1 Å². The van der Waals surface area contributed by atoms with Gasteiger partial charge >= 0.3 is 0 Å². The van der Waals surface area contributed by atoms with Crippen LogP contribution in [0, 0.1) is 5.92 Å². The fourth-order valence-corrected chi connectivity index (χ4v) is 3.21. The number of hydrogen-bond acceptors (Lipinski definition) is 2. The molecule has 0 saturated carbocycles. The van der Waals surface area contributed by atoms with Crippen molar-refractivity contribution >= 4 is 0 Å². The van der Waals surface area contributed by atoms with E-state index in [0.29, 0.717) is 5.92 Å². The Kier molecular flexibility index (Phi) is 8.70. The number of rotatable bonds is 11. The molecule has 0 aliphatic carbocycles. The van der Waals surface area contributed by atoms with E-state index < -0.39 is 0 Å². The first-order chi connectivity index (χ1) is 12.5. The average molecular weight is 354 g/mol. The van der Waals surface area contributed by atoms with E-state index in [1.807, 2.05) is 0 Å². The predicted molar refractivity (Wildman–Crippen MR) is 112 cm³/mol. The van der Waals surface area contributed by atoms with Crippen LogP contribution in [0.25, 0.3) is 0 Å². The molecule has 0 fully saturated rings. The zero-order valence-electron chi connectivity index (χ0n) is 16.9. The molecule has 2 aromatic carbocycles. The van der Waals surface area contributed by atoms with E-state index >= 15 is 0 Å². The van der Waals surface area contributed by atoms with Crippen LogP contribution in [-0.4, -0.2) is 12.6 Å². The zero-order chi connectivity index (χ0) is 18.8. The maximum atomic E-state index is 5.78. The Balaban J connectivity index is 1.89. The molecule has 0 aliphatic rings. The predicted octanol–water partition coefficient (Wildman–Crippen LogP) is 6.17. The van der Waals surface area contributed by atoms with Crippen LogP contribution >= 0.6 is 0 Å². The smallest absolute Gasteiger partial charge is 0.119 e. The second-order valence-corrected chi connectivity index (χ2v) is 7.85. The van der Waals surface area contributed by atoms with Gasteiger partial charge in [-0.05, 0) is 68.3 Å². The SMILES string of the molecule is CC(C)CC[C@@H](CCNCc1ccccc1)c1ccc(OC(C)C)cc1. The van der Waals surface area contributed by atoms with E-state index in [2.05, 4.69) is 87.6 Å². The van der Waals surface area contributed by atoms with Crippen LogP contribution in [0.5, 0.6) is 5.75 Å². The Morgan fingerprint density at radius 3 is 2.12 bits per heavy atom. The third kappa shape index (κ3) is 7.61. The van der Waals surface area contributed by atoms with E-state index in [1.165, 1.54) is 30.4 Å². The van der Waals surface area contributed by atoms with Gasteiger partial charge in [0.1, 0.15) is 5.75 Å². The third-order valence-electron chi connectivity index (χ3n) is 4.66. The van der Waals surface area contributed by atoms with Crippen LogP contribution in [0.3, 0.4) is 0 Å². The van der Waals surface area contributed by atoms with Crippen molar-refractivity contribution in [3.05, 3.63) is 65.7 Å². The first-order valence-corrected chi connectivity index (χ1v) is 10.1. The van der Waals surface area contributed by atoms with Crippen LogP contribution in [0.1, 0.15) is 64.0 Å². The molecule has 142 valence electrons. The standard InChI is InChI=1S/C24H35NO/c1-19(2)10-11-23(16-17-25-18-21-8-6-5-7-9-21)22-12-14-24(15-13-22)26-20(3)4/h5-9,12-15,19-20,23,25H,10-11,16-18H2,1-4H3/t23-/m0/s1. The largest absolute Gasteiger partial charge is 0.491 e. The molecule has 0 spiro atoms. The second-order valence-electron chi connectivity index (χ2n) is 7.85. The summed E-state index contributed by atoms with van der Waals surface area (Å²) in [5, 5.41) is 3.60. The van der Waals surface area contributed by atoms with Gasteiger partial charge in [-0.1, -0.05) is 62.7 Å². The quantitative estimate of drug-likeness (QED) is 0.487. The summed E-state index contributed by atoms with van der Waals surface area (Å²) in [7, 11) is 0. The van der Waals surface area contributed by atoms with Gasteiger partial charge in [0.25, 0.3) is 0 Å². The molecule has 0 aliphatic heterocycles. The maximum absolute atomic E-state index is 5.78. The topological polar surface area (TPSA) is 21.3 Å². The molecule has 0 saturated heterocycles. The molecule has 26 heavy (non-hydrogen) atoms. The number of hydrogen-bond donors (Lipinski definition) is 1. The van der Waals surface area contributed by atoms with Gasteiger partial charge in [0.15, 0.2) is 0 Å². The summed E-state index contributed by atoms with van der Waals surface area (Å²) in [6, 6.07) is 19.4. The molecule has 0 heterocycles. The minimum Gasteiger partial charge on any atom is -0.491 e. The lowest BCUT2D eigenvalue weighted by atomic mass is 9.88. The van der Waals surface area contributed by atoms with Crippen molar-refractivity contribution in [1.29, 1.82) is 0 Å². The highest BCUT2D eigenvalue weighted by atomic mass is 16.5. The van der Waals surface area contributed by atoms with Gasteiger partial charge in [-0.15, -0.1) is 0 Å². The molecule has 0 amide bonds. The zero-order valence-corrected chi connectivity index (χ0v) is 16.9. The Morgan fingerprint density at radius 2 is 1.50 bits per heavy atom. The number of benzene rings is 2. The highest BCUT2D eigenvalue weighted by Crippen LogP contribution is 2.28. The fraction of sp³-hybridized carbons (Fsp3) is 0.500. The van der Waals surface area contributed by atoms with Crippen molar-refractivity contribution in [2.75, 3.05) is 6.54 Å². The first kappa shape index (κ1) is 20.5. The van der Waals surface area contributed by atoms with Crippen molar-refractivity contribution in [3.63, 3.8) is 0 Å². The Morgan fingerprint density at radius 1 is 0.808 bits per heavy atom. The Labute approximate surface area is 160 Å². The molecule has 0 unspecified atom stereocenters. The Hall–Kier alpha value is -1.80. The molecule has 1 N–H and O–H groups in total. The summed E-state index contributed by atoms with van der Waals surface area (Å²) in [6.45, 7) is 10.7. The molecular formula is C24H35NO. The van der Waals surface area contributed by atoms with E-state index in [9.17, 15) is 0 Å². The lowest BCUT2D eigenvalue weighted by Gasteiger charge is -2.20. The van der Waals surface area contributed by atoms with Crippen molar-refractivity contribution in [2.24, 2.45) is 5.92 Å². The first-order valence-electron chi connectivity index (χ1n) is 10.1. The van der Waals surface area contributed by atoms with Crippen molar-refractivity contribution in [1.82, 2.24) is 5.32 Å². The molecule has 0 aromatic heterocycles. The summed E-state index contributed by atoms with van der Waals surface area (Å²) in [4.78, 5) is 0. The monoisotopic (exact) mass is 353 g/mol. The Bertz CT molecular complexity index is 604. The van der Waals surface area contributed by atoms with E-state index in [1.54, 1.807) is 0 Å². The lowest BCUT2D eigenvalue weighted by molar-refractivity contribution is 0.242. The van der Waals surface area contributed by atoms with Crippen LogP contribution in [0.15, 0.2) is 54.6 Å². The molecule has 1 atom stereocenters. The van der Waals surface area contributed by atoms with Gasteiger partial charge in [0.05, 0.1) is 6.10 Å². The molecule has 0 radical (unpaired) electrons. The van der Waals surface area contributed by atoms with E-state index in [-0.39, 0.29) is 6.10 Å². The van der Waals surface area contributed by atoms with Crippen molar-refractivity contribution in [3.8, 4) is 5.75 Å². The minimum atomic E-state index is 0.222. The molecule has 0 bridgehead atoms. The molecule has 2 heteroatoms. The lowest BCUT2D eigenvalue weighted by Crippen LogP contribution is -2.17. The summed E-state index contributed by atoms with van der Waals surface area (Å²) in [6.07, 6.45) is 3.91. The third-order valence-corrected chi connectivity index (χ3v) is 4.66. The van der Waals surface area contributed by atoms with Gasteiger partial charge in [0, 0.05) is 6.54 Å². The molecule has 2 aromatic rings. The summed E-state index contributed by atoms with van der Waals surface area (Å²) in [5.41, 5.74) is 2.78. The minimum absolute atomic E-state index is 0.222. The summed E-state index contributed by atoms with van der Waals surface area (Å²) >= 11 is 0. The van der Waals surface area contributed by atoms with E-state index in [0.717, 1.165) is 24.8 Å². The van der Waals surface area contributed by atoms with Gasteiger partial charge in [-0.25, -0.2) is 0 Å². The number of ether oxygens (including phenoxy) is 1. The van der Waals surface area contributed by atoms with Crippen LogP contribution in [-0.2, 0) is 6.54 Å². The second kappa shape index (κ2) is 11.0. The van der Waals surface area contributed by atoms with Crippen molar-refractivity contribution in [2.45, 2.75) is 65.5 Å². The van der Waals surface area contributed by atoms with Crippen molar-refractivity contribution < 1.29 is 4.74 Å². The highest BCUT2D eigenvalue weighted by molar-refractivity contribution is 5.29. The van der Waals surface area contributed by atoms with Gasteiger partial charge in [-0.3, -0.25) is 0 Å². The maximum Gasteiger partial charge on any atom is 0.119 e. The highest BCUT2D eigenvalue weighted by Gasteiger charge is 2.13. The van der Waals surface area contributed by atoms with E-state index in [4.69, 9.17) is 4.74 Å². The molecular weight excluding hydrogens is 318 g/mol. The molecule has 2 nitrogen and oxygen atoms in total. The molecule has 2 rings (SSSR count). The summed E-state index contributed by atoms with van der Waals surface area (Å²) < 4.78 is 5.78. The normalized spacial score (nSPS) is 12.5. The van der Waals surface area contributed by atoms with Crippen LogP contribution in [0.4, 0.5) is 0 Å². The fourth-order valence-electron chi connectivity index (χ4n) is 3.21.